The van der Waals surface area contributed by atoms with Crippen molar-refractivity contribution in [3.63, 3.8) is 0 Å². The summed E-state index contributed by atoms with van der Waals surface area (Å²) in [7, 11) is 0. The van der Waals surface area contributed by atoms with E-state index in [0.29, 0.717) is 5.56 Å². The monoisotopic (exact) mass is 382 g/mol. The van der Waals surface area contributed by atoms with E-state index < -0.39 is 48.4 Å². The lowest BCUT2D eigenvalue weighted by atomic mass is 10.1. The van der Waals surface area contributed by atoms with Gasteiger partial charge in [-0.25, -0.2) is 14.2 Å². The quantitative estimate of drug-likeness (QED) is 0.369. The minimum absolute atomic E-state index is 0.119. The van der Waals surface area contributed by atoms with Crippen LogP contribution < -0.4 is 22.1 Å². The summed E-state index contributed by atoms with van der Waals surface area (Å²) in [6.45, 7) is -3.52. The Labute approximate surface area is 152 Å². The zero-order valence-corrected chi connectivity index (χ0v) is 13.9. The number of benzene rings is 1. The number of carbonyl (C=O) groups excluding carboxylic acids is 1. The zero-order chi connectivity index (χ0) is 20.0. The van der Waals surface area contributed by atoms with E-state index in [9.17, 15) is 18.0 Å². The highest BCUT2D eigenvalue weighted by atomic mass is 19.3. The molecule has 0 spiro atoms. The molecule has 27 heavy (non-hydrogen) atoms. The molecule has 0 aliphatic heterocycles. The fourth-order valence-corrected chi connectivity index (χ4v) is 2.18. The van der Waals surface area contributed by atoms with Gasteiger partial charge in [-0.05, 0) is 5.56 Å². The van der Waals surface area contributed by atoms with Crippen LogP contribution in [0, 0.1) is 11.2 Å². The summed E-state index contributed by atoms with van der Waals surface area (Å²) in [6.07, 6.45) is 1.03. The maximum absolute atomic E-state index is 14.2. The molecule has 1 atom stereocenters. The van der Waals surface area contributed by atoms with Crippen LogP contribution in [0.25, 0.3) is 0 Å². The van der Waals surface area contributed by atoms with Crippen molar-refractivity contribution < 1.29 is 22.7 Å². The number of amides is 2. The molecule has 0 bridgehead atoms. The van der Waals surface area contributed by atoms with E-state index in [1.54, 1.807) is 30.3 Å². The zero-order valence-electron chi connectivity index (χ0n) is 13.9. The highest BCUT2D eigenvalue weighted by Crippen LogP contribution is 2.21. The van der Waals surface area contributed by atoms with Crippen LogP contribution >= 0.6 is 0 Å². The molecule has 0 saturated carbocycles. The van der Waals surface area contributed by atoms with Gasteiger partial charge in [0, 0.05) is 6.20 Å². The number of halogens is 3. The van der Waals surface area contributed by atoms with Gasteiger partial charge in [-0.15, -0.1) is 0 Å². The number of nitrogens with zero attached hydrogens (tertiary/aromatic N) is 1. The molecular weight excluding hydrogens is 365 g/mol. The molecule has 11 heteroatoms. The lowest BCUT2D eigenvalue weighted by Gasteiger charge is -2.19. The van der Waals surface area contributed by atoms with Crippen molar-refractivity contribution in [1.82, 2.24) is 10.3 Å². The van der Waals surface area contributed by atoms with Gasteiger partial charge in [0.2, 0.25) is 0 Å². The maximum Gasteiger partial charge on any atom is 0.345 e. The first-order valence-corrected chi connectivity index (χ1v) is 7.60. The standard InChI is InChI=1S/C16H17F3N6O2/c17-11-12(20)9(13(21)22)6-23-14(11)25-16(26)24-10(7-27-15(18)19)8-4-2-1-3-5-8/h1-6,10,15H,7H2,(H3,21,22)(H4,20,23,24,25,26). The van der Waals surface area contributed by atoms with Crippen LogP contribution in [-0.2, 0) is 4.74 Å². The molecule has 144 valence electrons. The number of alkyl halides is 2. The minimum atomic E-state index is -3.01. The Kier molecular flexibility index (Phi) is 6.55. The molecule has 0 radical (unpaired) electrons. The molecule has 1 aromatic carbocycles. The van der Waals surface area contributed by atoms with Gasteiger partial charge in [-0.1, -0.05) is 30.3 Å². The van der Waals surface area contributed by atoms with Crippen molar-refractivity contribution in [3.8, 4) is 0 Å². The van der Waals surface area contributed by atoms with Crippen molar-refractivity contribution in [1.29, 1.82) is 5.41 Å². The number of anilines is 2. The van der Waals surface area contributed by atoms with Gasteiger partial charge < -0.3 is 21.5 Å². The Bertz CT molecular complexity index is 819. The third-order valence-electron chi connectivity index (χ3n) is 3.48. The van der Waals surface area contributed by atoms with E-state index in [1.165, 1.54) is 0 Å². The molecule has 0 aliphatic carbocycles. The Balaban J connectivity index is 2.14. The van der Waals surface area contributed by atoms with Gasteiger partial charge in [0.1, 0.15) is 5.84 Å². The molecule has 0 saturated heterocycles. The average Bonchev–Trinajstić information content (AvgIpc) is 2.63. The molecule has 8 nitrogen and oxygen atoms in total. The molecule has 2 aromatic rings. The van der Waals surface area contributed by atoms with Crippen molar-refractivity contribution in [3.05, 3.63) is 53.5 Å². The van der Waals surface area contributed by atoms with Crippen molar-refractivity contribution in [2.75, 3.05) is 17.7 Å². The summed E-state index contributed by atoms with van der Waals surface area (Å²) in [5.41, 5.74) is 10.7. The number of hydrogen-bond acceptors (Lipinski definition) is 5. The third-order valence-corrected chi connectivity index (χ3v) is 3.48. The minimum Gasteiger partial charge on any atom is -0.396 e. The number of rotatable bonds is 7. The number of carbonyl (C=O) groups is 1. The third kappa shape index (κ3) is 5.31. The van der Waals surface area contributed by atoms with Gasteiger partial charge in [0.25, 0.3) is 0 Å². The number of nitrogen functional groups attached to an aromatic ring is 2. The van der Waals surface area contributed by atoms with Crippen LogP contribution in [-0.4, -0.2) is 30.1 Å². The van der Waals surface area contributed by atoms with Gasteiger partial charge in [-0.2, -0.15) is 8.78 Å². The van der Waals surface area contributed by atoms with E-state index in [4.69, 9.17) is 16.9 Å². The van der Waals surface area contributed by atoms with Crippen molar-refractivity contribution >= 4 is 23.4 Å². The van der Waals surface area contributed by atoms with E-state index in [2.05, 4.69) is 20.4 Å². The second-order valence-electron chi connectivity index (χ2n) is 5.32. The van der Waals surface area contributed by atoms with Gasteiger partial charge in [-0.3, -0.25) is 10.7 Å². The van der Waals surface area contributed by atoms with Crippen LogP contribution in [0.2, 0.25) is 0 Å². The number of amidine groups is 1. The largest absolute Gasteiger partial charge is 0.396 e. The van der Waals surface area contributed by atoms with Gasteiger partial charge in [0.05, 0.1) is 23.9 Å². The Morgan fingerprint density at radius 2 is 1.96 bits per heavy atom. The fraction of sp³-hybridized carbons (Fsp3) is 0.188. The van der Waals surface area contributed by atoms with Crippen LogP contribution in [0.1, 0.15) is 17.2 Å². The fourth-order valence-electron chi connectivity index (χ4n) is 2.18. The number of nitrogens with two attached hydrogens (primary N) is 2. The van der Waals surface area contributed by atoms with Crippen LogP contribution in [0.5, 0.6) is 0 Å². The number of nitrogens with one attached hydrogen (secondary N) is 3. The second kappa shape index (κ2) is 8.85. The van der Waals surface area contributed by atoms with Gasteiger partial charge in [0.15, 0.2) is 11.6 Å². The molecule has 1 heterocycles. The summed E-state index contributed by atoms with van der Waals surface area (Å²) in [5, 5.41) is 11.8. The summed E-state index contributed by atoms with van der Waals surface area (Å²) in [6, 6.07) is 6.42. The Hall–Kier alpha value is -3.34. The first kappa shape index (κ1) is 20.0. The molecule has 1 aromatic heterocycles. The lowest BCUT2D eigenvalue weighted by Crippen LogP contribution is -2.36. The SMILES string of the molecule is N=C(N)c1cnc(NC(=O)NC(COC(F)F)c2ccccc2)c(F)c1N. The number of hydrogen-bond donors (Lipinski definition) is 5. The topological polar surface area (TPSA) is 139 Å². The van der Waals surface area contributed by atoms with E-state index in [1.807, 2.05) is 0 Å². The molecule has 0 aliphatic rings. The normalized spacial score (nSPS) is 11.9. The predicted molar refractivity (Wildman–Crippen MR) is 92.9 cm³/mol. The second-order valence-corrected chi connectivity index (χ2v) is 5.32. The number of urea groups is 1. The lowest BCUT2D eigenvalue weighted by molar-refractivity contribution is -0.133. The Morgan fingerprint density at radius 3 is 2.56 bits per heavy atom. The first-order valence-electron chi connectivity index (χ1n) is 7.60. The highest BCUT2D eigenvalue weighted by Gasteiger charge is 2.20. The molecule has 2 amide bonds. The maximum atomic E-state index is 14.2. The summed E-state index contributed by atoms with van der Waals surface area (Å²) >= 11 is 0. The Morgan fingerprint density at radius 1 is 1.30 bits per heavy atom. The molecule has 1 unspecified atom stereocenters. The first-order chi connectivity index (χ1) is 12.8. The van der Waals surface area contributed by atoms with Gasteiger partial charge >= 0.3 is 12.6 Å². The van der Waals surface area contributed by atoms with Crippen LogP contribution in [0.3, 0.4) is 0 Å². The van der Waals surface area contributed by atoms with Crippen molar-refractivity contribution in [2.24, 2.45) is 5.73 Å². The number of aromatic nitrogens is 1. The molecule has 7 N–H and O–H groups in total. The van der Waals surface area contributed by atoms with Crippen LogP contribution in [0.4, 0.5) is 29.5 Å². The van der Waals surface area contributed by atoms with Crippen molar-refractivity contribution in [2.45, 2.75) is 12.7 Å². The van der Waals surface area contributed by atoms with E-state index in [0.717, 1.165) is 6.20 Å². The smallest absolute Gasteiger partial charge is 0.345 e. The van der Waals surface area contributed by atoms with Crippen LogP contribution in [0.15, 0.2) is 36.5 Å². The predicted octanol–water partition coefficient (Wildman–Crippen LogP) is 2.19. The molecule has 0 fully saturated rings. The number of ether oxygens (including phenoxy) is 1. The summed E-state index contributed by atoms with van der Waals surface area (Å²) < 4.78 is 43.2. The summed E-state index contributed by atoms with van der Waals surface area (Å²) in [5.74, 6) is -2.06. The van der Waals surface area contributed by atoms with E-state index >= 15 is 0 Å². The number of pyridine rings is 1. The molecule has 2 rings (SSSR count). The summed E-state index contributed by atoms with van der Waals surface area (Å²) in [4.78, 5) is 15.8. The molecular formula is C16H17F3N6O2. The highest BCUT2D eigenvalue weighted by molar-refractivity contribution is 6.00. The average molecular weight is 382 g/mol. The van der Waals surface area contributed by atoms with E-state index in [-0.39, 0.29) is 5.56 Å².